The van der Waals surface area contributed by atoms with Gasteiger partial charge in [0.2, 0.25) is 5.95 Å². The fourth-order valence-corrected chi connectivity index (χ4v) is 1.61. The molecule has 0 aliphatic heterocycles. The molecule has 0 radical (unpaired) electrons. The smallest absolute Gasteiger partial charge is 0.224 e. The molecular weight excluding hydrogens is 230 g/mol. The minimum Gasteiger partial charge on any atom is -0.363 e. The van der Waals surface area contributed by atoms with E-state index in [2.05, 4.69) is 20.4 Å². The van der Waals surface area contributed by atoms with Crippen LogP contribution >= 0.6 is 0 Å². The highest BCUT2D eigenvalue weighted by molar-refractivity contribution is 5.41. The van der Waals surface area contributed by atoms with Crippen LogP contribution in [0.1, 0.15) is 17.0 Å². The molecule has 6 heteroatoms. The summed E-state index contributed by atoms with van der Waals surface area (Å²) in [4.78, 5) is 10.5. The van der Waals surface area contributed by atoms with Crippen molar-refractivity contribution in [2.24, 2.45) is 0 Å². The molecule has 0 spiro atoms. The third kappa shape index (κ3) is 2.58. The summed E-state index contributed by atoms with van der Waals surface area (Å²) in [5, 5.41) is 7.09. The molecule has 6 nitrogen and oxygen atoms in total. The van der Waals surface area contributed by atoms with Gasteiger partial charge in [-0.2, -0.15) is 4.98 Å². The molecule has 0 aliphatic rings. The Morgan fingerprint density at radius 2 is 2.11 bits per heavy atom. The minimum atomic E-state index is 0.598. The molecule has 0 saturated heterocycles. The largest absolute Gasteiger partial charge is 0.363 e. The fraction of sp³-hybridized carbons (Fsp3) is 0.417. The van der Waals surface area contributed by atoms with Gasteiger partial charge in [0, 0.05) is 32.4 Å². The molecule has 0 fully saturated rings. The van der Waals surface area contributed by atoms with Crippen LogP contribution in [0.5, 0.6) is 0 Å². The Morgan fingerprint density at radius 1 is 1.33 bits per heavy atom. The van der Waals surface area contributed by atoms with Crippen molar-refractivity contribution in [1.29, 1.82) is 0 Å². The molecule has 0 aliphatic carbocycles. The topological polar surface area (TPSA) is 67.1 Å². The maximum atomic E-state index is 5.11. The molecule has 0 aromatic carbocycles. The highest BCUT2D eigenvalue weighted by Gasteiger charge is 2.09. The lowest BCUT2D eigenvalue weighted by Gasteiger charge is -2.12. The number of anilines is 2. The van der Waals surface area contributed by atoms with Crippen LogP contribution < -0.4 is 10.2 Å². The predicted molar refractivity (Wildman–Crippen MR) is 69.7 cm³/mol. The molecule has 2 aromatic heterocycles. The molecule has 96 valence electrons. The first kappa shape index (κ1) is 12.3. The molecule has 2 rings (SSSR count). The van der Waals surface area contributed by atoms with Gasteiger partial charge < -0.3 is 14.7 Å². The number of hydrogen-bond donors (Lipinski definition) is 1. The zero-order chi connectivity index (χ0) is 13.1. The summed E-state index contributed by atoms with van der Waals surface area (Å²) in [5.41, 5.74) is 1.94. The number of nitrogens with one attached hydrogen (secondary N) is 1. The first-order valence-electron chi connectivity index (χ1n) is 5.74. The van der Waals surface area contributed by atoms with Crippen molar-refractivity contribution in [2.45, 2.75) is 20.4 Å². The molecule has 2 aromatic rings. The first-order valence-corrected chi connectivity index (χ1v) is 5.74. The molecule has 0 bridgehead atoms. The van der Waals surface area contributed by atoms with E-state index in [0.717, 1.165) is 22.8 Å². The van der Waals surface area contributed by atoms with E-state index in [0.29, 0.717) is 12.5 Å². The molecule has 18 heavy (non-hydrogen) atoms. The van der Waals surface area contributed by atoms with Crippen molar-refractivity contribution >= 4 is 11.8 Å². The van der Waals surface area contributed by atoms with Gasteiger partial charge in [0.1, 0.15) is 11.6 Å². The van der Waals surface area contributed by atoms with Gasteiger partial charge in [0.15, 0.2) is 0 Å². The Bertz CT molecular complexity index is 516. The van der Waals surface area contributed by atoms with Gasteiger partial charge in [0.05, 0.1) is 5.69 Å². The lowest BCUT2D eigenvalue weighted by molar-refractivity contribution is 0.392. The summed E-state index contributed by atoms with van der Waals surface area (Å²) in [5.74, 6) is 2.29. The lowest BCUT2D eigenvalue weighted by atomic mass is 10.2. The first-order chi connectivity index (χ1) is 8.58. The van der Waals surface area contributed by atoms with E-state index in [-0.39, 0.29) is 0 Å². The van der Waals surface area contributed by atoms with Crippen molar-refractivity contribution in [1.82, 2.24) is 15.1 Å². The second-order valence-electron chi connectivity index (χ2n) is 4.29. The van der Waals surface area contributed by atoms with E-state index in [9.17, 15) is 0 Å². The number of hydrogen-bond acceptors (Lipinski definition) is 6. The van der Waals surface area contributed by atoms with Crippen LogP contribution in [0.3, 0.4) is 0 Å². The maximum absolute atomic E-state index is 5.11. The highest BCUT2D eigenvalue weighted by atomic mass is 16.5. The second-order valence-corrected chi connectivity index (χ2v) is 4.29. The summed E-state index contributed by atoms with van der Waals surface area (Å²) in [6.45, 7) is 4.43. The average molecular weight is 247 g/mol. The molecule has 1 N–H and O–H groups in total. The van der Waals surface area contributed by atoms with Crippen LogP contribution in [0.15, 0.2) is 16.8 Å². The standard InChI is InChI=1S/C12H17N5O/c1-8-10(9(2)18-16-8)7-14-12-13-6-5-11(15-12)17(3)4/h5-6H,7H2,1-4H3,(H,13,14,15). The van der Waals surface area contributed by atoms with Gasteiger partial charge in [-0.25, -0.2) is 4.98 Å². The zero-order valence-corrected chi connectivity index (χ0v) is 11.1. The van der Waals surface area contributed by atoms with E-state index < -0.39 is 0 Å². The van der Waals surface area contributed by atoms with Gasteiger partial charge in [-0.05, 0) is 19.9 Å². The Morgan fingerprint density at radius 3 is 2.72 bits per heavy atom. The summed E-state index contributed by atoms with van der Waals surface area (Å²) in [6, 6.07) is 1.86. The van der Waals surface area contributed by atoms with Crippen LogP contribution in [0.25, 0.3) is 0 Å². The molecule has 0 amide bonds. The SMILES string of the molecule is Cc1noc(C)c1CNc1nccc(N(C)C)n1. The van der Waals surface area contributed by atoms with Crippen LogP contribution in [0.4, 0.5) is 11.8 Å². The number of aromatic nitrogens is 3. The minimum absolute atomic E-state index is 0.598. The normalized spacial score (nSPS) is 10.4. The summed E-state index contributed by atoms with van der Waals surface area (Å²) < 4.78 is 5.11. The Labute approximate surface area is 106 Å². The van der Waals surface area contributed by atoms with Crippen molar-refractivity contribution in [3.63, 3.8) is 0 Å². The third-order valence-corrected chi connectivity index (χ3v) is 2.70. The highest BCUT2D eigenvalue weighted by Crippen LogP contribution is 2.14. The van der Waals surface area contributed by atoms with Crippen LogP contribution in [-0.2, 0) is 6.54 Å². The summed E-state index contributed by atoms with van der Waals surface area (Å²) in [7, 11) is 3.89. The lowest BCUT2D eigenvalue weighted by Crippen LogP contribution is -2.12. The molecule has 0 unspecified atom stereocenters. The quantitative estimate of drug-likeness (QED) is 0.888. The van der Waals surface area contributed by atoms with Crippen molar-refractivity contribution in [3.05, 3.63) is 29.3 Å². The molecule has 0 saturated carbocycles. The van der Waals surface area contributed by atoms with E-state index >= 15 is 0 Å². The van der Waals surface area contributed by atoms with Crippen molar-refractivity contribution in [3.8, 4) is 0 Å². The summed E-state index contributed by atoms with van der Waals surface area (Å²) >= 11 is 0. The van der Waals surface area contributed by atoms with Gasteiger partial charge in [0.25, 0.3) is 0 Å². The van der Waals surface area contributed by atoms with Gasteiger partial charge >= 0.3 is 0 Å². The third-order valence-electron chi connectivity index (χ3n) is 2.70. The van der Waals surface area contributed by atoms with Crippen LogP contribution in [-0.4, -0.2) is 29.2 Å². The Hall–Kier alpha value is -2.11. The fourth-order valence-electron chi connectivity index (χ4n) is 1.61. The van der Waals surface area contributed by atoms with Crippen molar-refractivity contribution < 1.29 is 4.52 Å². The number of nitrogens with zero attached hydrogens (tertiary/aromatic N) is 4. The maximum Gasteiger partial charge on any atom is 0.224 e. The zero-order valence-electron chi connectivity index (χ0n) is 11.1. The van der Waals surface area contributed by atoms with Gasteiger partial charge in [-0.3, -0.25) is 0 Å². The van der Waals surface area contributed by atoms with E-state index in [4.69, 9.17) is 4.52 Å². The Balaban J connectivity index is 2.09. The number of aryl methyl sites for hydroxylation is 2. The molecule has 2 heterocycles. The molecule has 0 atom stereocenters. The van der Waals surface area contributed by atoms with Gasteiger partial charge in [-0.15, -0.1) is 0 Å². The van der Waals surface area contributed by atoms with E-state index in [1.165, 1.54) is 0 Å². The van der Waals surface area contributed by atoms with E-state index in [1.807, 2.05) is 38.9 Å². The van der Waals surface area contributed by atoms with Crippen LogP contribution in [0.2, 0.25) is 0 Å². The monoisotopic (exact) mass is 247 g/mol. The van der Waals surface area contributed by atoms with Crippen molar-refractivity contribution in [2.75, 3.05) is 24.3 Å². The average Bonchev–Trinajstić information content (AvgIpc) is 2.67. The molecular formula is C12H17N5O. The van der Waals surface area contributed by atoms with E-state index in [1.54, 1.807) is 6.20 Å². The van der Waals surface area contributed by atoms with Crippen LogP contribution in [0, 0.1) is 13.8 Å². The predicted octanol–water partition coefficient (Wildman–Crippen LogP) is 1.76. The van der Waals surface area contributed by atoms with Gasteiger partial charge in [-0.1, -0.05) is 5.16 Å². The Kier molecular flexibility index (Phi) is 3.45. The number of rotatable bonds is 4. The summed E-state index contributed by atoms with van der Waals surface area (Å²) in [6.07, 6.45) is 1.73. The second kappa shape index (κ2) is 5.03.